The summed E-state index contributed by atoms with van der Waals surface area (Å²) in [7, 11) is 0. The molecule has 1 aromatic heterocycles. The first-order chi connectivity index (χ1) is 15.5. The van der Waals surface area contributed by atoms with Gasteiger partial charge < -0.3 is 14.9 Å². The van der Waals surface area contributed by atoms with Gasteiger partial charge in [-0.3, -0.25) is 14.7 Å². The Morgan fingerprint density at radius 2 is 1.66 bits per heavy atom. The van der Waals surface area contributed by atoms with Crippen LogP contribution in [0.2, 0.25) is 10.0 Å². The number of aromatic nitrogens is 2. The standard InChI is InChI=1S/C23H23Cl2N5O2/c24-16-3-1-15(2-4-16)23(32)29-9-7-28(8-10-29)20-13-30(14-21(20)31)22-12-26-18-6-5-17(25)11-19(18)27-22/h1-6,11-12,20-21,31H,7-10,13-14H2/t20-,21-/m1/s1. The number of benzene rings is 2. The summed E-state index contributed by atoms with van der Waals surface area (Å²) in [5.41, 5.74) is 2.17. The topological polar surface area (TPSA) is 72.8 Å². The molecule has 0 bridgehead atoms. The van der Waals surface area contributed by atoms with E-state index in [1.807, 2.05) is 11.0 Å². The normalized spacial score (nSPS) is 22.0. The van der Waals surface area contributed by atoms with Gasteiger partial charge in [-0.25, -0.2) is 4.98 Å². The molecule has 2 aromatic carbocycles. The first-order valence-corrected chi connectivity index (χ1v) is 11.4. The number of aliphatic hydroxyl groups is 1. The fourth-order valence-corrected chi connectivity index (χ4v) is 4.77. The summed E-state index contributed by atoms with van der Waals surface area (Å²) in [6.07, 6.45) is 1.25. The van der Waals surface area contributed by atoms with Gasteiger partial charge in [0, 0.05) is 54.9 Å². The van der Waals surface area contributed by atoms with E-state index in [2.05, 4.69) is 14.8 Å². The first kappa shape index (κ1) is 21.4. The third-order valence-corrected chi connectivity index (χ3v) is 6.72. The fourth-order valence-electron chi connectivity index (χ4n) is 4.47. The second kappa shape index (κ2) is 8.83. The van der Waals surface area contributed by atoms with Crippen LogP contribution in [0, 0.1) is 0 Å². The van der Waals surface area contributed by atoms with Gasteiger partial charge in [-0.2, -0.15) is 0 Å². The molecule has 2 fully saturated rings. The molecule has 0 spiro atoms. The van der Waals surface area contributed by atoms with Gasteiger partial charge in [0.2, 0.25) is 0 Å². The molecule has 0 unspecified atom stereocenters. The second-order valence-corrected chi connectivity index (χ2v) is 9.11. The molecule has 3 aromatic rings. The number of carbonyl (C=O) groups is 1. The minimum Gasteiger partial charge on any atom is -0.390 e. The van der Waals surface area contributed by atoms with Crippen LogP contribution in [0.15, 0.2) is 48.7 Å². The van der Waals surface area contributed by atoms with Gasteiger partial charge in [0.05, 0.1) is 29.4 Å². The molecule has 2 aliphatic heterocycles. The van der Waals surface area contributed by atoms with E-state index in [1.54, 1.807) is 42.6 Å². The number of hydrogen-bond acceptors (Lipinski definition) is 6. The molecule has 166 valence electrons. The Balaban J connectivity index is 1.23. The average Bonchev–Trinajstić information content (AvgIpc) is 3.20. The summed E-state index contributed by atoms with van der Waals surface area (Å²) < 4.78 is 0. The van der Waals surface area contributed by atoms with Gasteiger partial charge in [0.1, 0.15) is 5.82 Å². The number of halogens is 2. The molecular weight excluding hydrogens is 449 g/mol. The summed E-state index contributed by atoms with van der Waals surface area (Å²) >= 11 is 12.0. The van der Waals surface area contributed by atoms with E-state index >= 15 is 0 Å². The Bertz CT molecular complexity index is 1130. The van der Waals surface area contributed by atoms with Crippen molar-refractivity contribution in [2.24, 2.45) is 0 Å². The lowest BCUT2D eigenvalue weighted by Crippen LogP contribution is -2.54. The highest BCUT2D eigenvalue weighted by Gasteiger charge is 2.38. The minimum atomic E-state index is -0.495. The van der Waals surface area contributed by atoms with Crippen molar-refractivity contribution < 1.29 is 9.90 Å². The maximum absolute atomic E-state index is 12.8. The van der Waals surface area contributed by atoms with Crippen LogP contribution < -0.4 is 4.90 Å². The van der Waals surface area contributed by atoms with Crippen molar-refractivity contribution in [2.45, 2.75) is 12.1 Å². The Morgan fingerprint density at radius 3 is 2.41 bits per heavy atom. The molecular formula is C23H23Cl2N5O2. The number of hydrogen-bond donors (Lipinski definition) is 1. The van der Waals surface area contributed by atoms with E-state index in [0.717, 1.165) is 16.9 Å². The molecule has 1 amide bonds. The smallest absolute Gasteiger partial charge is 0.253 e. The van der Waals surface area contributed by atoms with Crippen molar-refractivity contribution in [3.63, 3.8) is 0 Å². The monoisotopic (exact) mass is 471 g/mol. The summed E-state index contributed by atoms with van der Waals surface area (Å²) in [6.45, 7) is 3.84. The molecule has 0 radical (unpaired) electrons. The number of anilines is 1. The van der Waals surface area contributed by atoms with Gasteiger partial charge in [-0.15, -0.1) is 0 Å². The highest BCUT2D eigenvalue weighted by atomic mass is 35.5. The van der Waals surface area contributed by atoms with Crippen LogP contribution in [-0.2, 0) is 0 Å². The van der Waals surface area contributed by atoms with E-state index in [1.165, 1.54) is 0 Å². The number of rotatable bonds is 3. The maximum atomic E-state index is 12.8. The fraction of sp³-hybridized carbons (Fsp3) is 0.348. The van der Waals surface area contributed by atoms with Crippen LogP contribution in [0.1, 0.15) is 10.4 Å². The number of amides is 1. The van der Waals surface area contributed by atoms with E-state index < -0.39 is 6.10 Å². The van der Waals surface area contributed by atoms with Crippen LogP contribution in [0.3, 0.4) is 0 Å². The van der Waals surface area contributed by atoms with Crippen molar-refractivity contribution in [2.75, 3.05) is 44.2 Å². The zero-order valence-corrected chi connectivity index (χ0v) is 18.9. The summed E-state index contributed by atoms with van der Waals surface area (Å²) in [6, 6.07) is 12.4. The van der Waals surface area contributed by atoms with E-state index in [9.17, 15) is 9.90 Å². The molecule has 2 aliphatic rings. The van der Waals surface area contributed by atoms with Gasteiger partial charge in [0.25, 0.3) is 5.91 Å². The Morgan fingerprint density at radius 1 is 0.938 bits per heavy atom. The molecule has 5 rings (SSSR count). The SMILES string of the molecule is O=C(c1ccc(Cl)cc1)N1CCN([C@@H]2CN(c3cnc4ccc(Cl)cc4n3)C[C@H]2O)CC1. The number of aliphatic hydroxyl groups excluding tert-OH is 1. The summed E-state index contributed by atoms with van der Waals surface area (Å²) in [5, 5.41) is 12.0. The highest BCUT2D eigenvalue weighted by Crippen LogP contribution is 2.25. The maximum Gasteiger partial charge on any atom is 0.253 e. The zero-order valence-electron chi connectivity index (χ0n) is 17.4. The molecule has 2 saturated heterocycles. The van der Waals surface area contributed by atoms with Gasteiger partial charge >= 0.3 is 0 Å². The van der Waals surface area contributed by atoms with Crippen molar-refractivity contribution in [3.05, 3.63) is 64.3 Å². The second-order valence-electron chi connectivity index (χ2n) is 8.24. The number of piperazine rings is 1. The zero-order chi connectivity index (χ0) is 22.2. The molecule has 0 aliphatic carbocycles. The quantitative estimate of drug-likeness (QED) is 0.632. The molecule has 3 heterocycles. The van der Waals surface area contributed by atoms with Crippen molar-refractivity contribution in [1.82, 2.24) is 19.8 Å². The van der Waals surface area contributed by atoms with Crippen molar-refractivity contribution in [1.29, 1.82) is 0 Å². The van der Waals surface area contributed by atoms with Crippen molar-refractivity contribution in [3.8, 4) is 0 Å². The number of carbonyl (C=O) groups excluding carboxylic acids is 1. The Kier molecular flexibility index (Phi) is 5.90. The summed E-state index contributed by atoms with van der Waals surface area (Å²) in [5.74, 6) is 0.748. The third-order valence-electron chi connectivity index (χ3n) is 6.24. The Hall–Kier alpha value is -2.45. The van der Waals surface area contributed by atoms with E-state index in [-0.39, 0.29) is 11.9 Å². The lowest BCUT2D eigenvalue weighted by molar-refractivity contribution is 0.0376. The van der Waals surface area contributed by atoms with Crippen LogP contribution in [-0.4, -0.2) is 82.2 Å². The number of β-amino-alcohol motifs (C(OH)–C–C–N with tert-alkyl or cyclic N) is 1. The molecule has 1 N–H and O–H groups in total. The number of nitrogens with zero attached hydrogens (tertiary/aromatic N) is 5. The molecule has 0 saturated carbocycles. The van der Waals surface area contributed by atoms with Gasteiger partial charge in [-0.05, 0) is 42.5 Å². The lowest BCUT2D eigenvalue weighted by atomic mass is 10.1. The predicted octanol–water partition coefficient (Wildman–Crippen LogP) is 2.94. The van der Waals surface area contributed by atoms with Crippen LogP contribution in [0.4, 0.5) is 5.82 Å². The summed E-state index contributed by atoms with van der Waals surface area (Å²) in [4.78, 5) is 28.1. The highest BCUT2D eigenvalue weighted by molar-refractivity contribution is 6.31. The van der Waals surface area contributed by atoms with Crippen LogP contribution in [0.25, 0.3) is 11.0 Å². The minimum absolute atomic E-state index is 0.0139. The molecule has 7 nitrogen and oxygen atoms in total. The van der Waals surface area contributed by atoms with Crippen LogP contribution in [0.5, 0.6) is 0 Å². The first-order valence-electron chi connectivity index (χ1n) is 10.6. The van der Waals surface area contributed by atoms with Gasteiger partial charge in [-0.1, -0.05) is 23.2 Å². The van der Waals surface area contributed by atoms with E-state index in [4.69, 9.17) is 28.2 Å². The largest absolute Gasteiger partial charge is 0.390 e. The number of fused-ring (bicyclic) bond motifs is 1. The lowest BCUT2D eigenvalue weighted by Gasteiger charge is -2.38. The Labute approximate surface area is 196 Å². The molecule has 32 heavy (non-hydrogen) atoms. The molecule has 9 heteroatoms. The predicted molar refractivity (Wildman–Crippen MR) is 125 cm³/mol. The van der Waals surface area contributed by atoms with Crippen molar-refractivity contribution >= 4 is 46.0 Å². The average molecular weight is 472 g/mol. The van der Waals surface area contributed by atoms with Gasteiger partial charge in [0.15, 0.2) is 0 Å². The van der Waals surface area contributed by atoms with Crippen LogP contribution >= 0.6 is 23.2 Å². The van der Waals surface area contributed by atoms with E-state index in [0.29, 0.717) is 54.9 Å². The molecule has 2 atom stereocenters. The third kappa shape index (κ3) is 4.26.